The number of carboxylic acids is 1. The minimum absolute atomic E-state index is 0.00275. The number of fused-ring (bicyclic) bond motifs is 1. The van der Waals surface area contributed by atoms with Gasteiger partial charge in [0.1, 0.15) is 22.6 Å². The Morgan fingerprint density at radius 1 is 0.935 bits per heavy atom. The summed E-state index contributed by atoms with van der Waals surface area (Å²) in [6.07, 6.45) is 6.07. The molecule has 1 aliphatic carbocycles. The van der Waals surface area contributed by atoms with E-state index >= 15 is 0 Å². The molecule has 3 aliphatic rings. The Kier molecular flexibility index (Phi) is 9.07. The van der Waals surface area contributed by atoms with E-state index in [2.05, 4.69) is 4.90 Å². The van der Waals surface area contributed by atoms with Crippen LogP contribution in [0, 0.1) is 11.7 Å². The summed E-state index contributed by atoms with van der Waals surface area (Å²) in [5.41, 5.74) is 1.48. The molecule has 0 radical (unpaired) electrons. The number of hydrogen-bond acceptors (Lipinski definition) is 6. The highest BCUT2D eigenvalue weighted by Gasteiger charge is 2.41. The fourth-order valence-electron chi connectivity index (χ4n) is 7.17. The molecule has 1 atom stereocenters. The molecule has 0 spiro atoms. The van der Waals surface area contributed by atoms with Crippen LogP contribution in [0.1, 0.15) is 62.2 Å². The topological polar surface area (TPSA) is 107 Å². The van der Waals surface area contributed by atoms with Gasteiger partial charge in [0.15, 0.2) is 0 Å². The van der Waals surface area contributed by atoms with Gasteiger partial charge in [0, 0.05) is 69.8 Å². The number of likely N-dealkylation sites (tertiary alicyclic amines) is 1. The molecule has 46 heavy (non-hydrogen) atoms. The summed E-state index contributed by atoms with van der Waals surface area (Å²) in [4.78, 5) is 27.7. The molecule has 3 aromatic carbocycles. The van der Waals surface area contributed by atoms with Crippen molar-refractivity contribution in [3.8, 4) is 16.9 Å². The maximum absolute atomic E-state index is 14.5. The van der Waals surface area contributed by atoms with Crippen molar-refractivity contribution in [3.63, 3.8) is 0 Å². The van der Waals surface area contributed by atoms with Crippen LogP contribution in [-0.2, 0) is 14.8 Å². The van der Waals surface area contributed by atoms with E-state index in [1.54, 1.807) is 24.1 Å². The van der Waals surface area contributed by atoms with Crippen LogP contribution in [0.4, 0.5) is 15.8 Å². The van der Waals surface area contributed by atoms with Gasteiger partial charge in [-0.3, -0.25) is 4.79 Å². The number of carboxylic acid groups (broad SMARTS) is 1. The lowest BCUT2D eigenvalue weighted by atomic mass is 9.83. The fourth-order valence-corrected chi connectivity index (χ4v) is 8.77. The Morgan fingerprint density at radius 3 is 2.28 bits per heavy atom. The molecule has 244 valence electrons. The molecule has 2 heterocycles. The van der Waals surface area contributed by atoms with Crippen molar-refractivity contribution in [1.82, 2.24) is 9.21 Å². The normalized spacial score (nSPS) is 21.0. The van der Waals surface area contributed by atoms with Gasteiger partial charge >= 0.3 is 5.97 Å². The molecular weight excluding hydrogens is 609 g/mol. The van der Waals surface area contributed by atoms with Crippen molar-refractivity contribution in [2.45, 2.75) is 68.9 Å². The Hall–Kier alpha value is -3.96. The Bertz CT molecular complexity index is 1720. The number of likely N-dealkylation sites (N-methyl/N-ethyl adjacent to an activating group) is 1. The number of halogens is 1. The van der Waals surface area contributed by atoms with E-state index < -0.39 is 27.4 Å². The Labute approximate surface area is 269 Å². The van der Waals surface area contributed by atoms with E-state index in [1.807, 2.05) is 30.3 Å². The predicted molar refractivity (Wildman–Crippen MR) is 173 cm³/mol. The van der Waals surface area contributed by atoms with Gasteiger partial charge in [-0.15, -0.1) is 0 Å². The number of sulfonamides is 1. The summed E-state index contributed by atoms with van der Waals surface area (Å²) >= 11 is 0. The highest BCUT2D eigenvalue weighted by Crippen LogP contribution is 2.46. The maximum Gasteiger partial charge on any atom is 0.338 e. The number of benzene rings is 3. The number of carbonyl (C=O) groups excluding carboxylic acids is 1. The van der Waals surface area contributed by atoms with Crippen molar-refractivity contribution in [3.05, 3.63) is 72.0 Å². The maximum atomic E-state index is 14.5. The van der Waals surface area contributed by atoms with Crippen LogP contribution in [0.15, 0.2) is 65.6 Å². The third-order valence-electron chi connectivity index (χ3n) is 9.80. The van der Waals surface area contributed by atoms with Crippen LogP contribution in [0.5, 0.6) is 5.75 Å². The number of piperidine rings is 1. The lowest BCUT2D eigenvalue weighted by Gasteiger charge is -2.37. The second-order valence-corrected chi connectivity index (χ2v) is 14.5. The molecule has 11 heteroatoms. The van der Waals surface area contributed by atoms with E-state index in [9.17, 15) is 27.5 Å². The van der Waals surface area contributed by atoms with E-state index in [0.717, 1.165) is 43.9 Å². The molecule has 0 unspecified atom stereocenters. The first-order chi connectivity index (χ1) is 22.0. The van der Waals surface area contributed by atoms with Crippen LogP contribution >= 0.6 is 0 Å². The van der Waals surface area contributed by atoms with E-state index in [-0.39, 0.29) is 28.9 Å². The first-order valence-corrected chi connectivity index (χ1v) is 17.4. The lowest BCUT2D eigenvalue weighted by Crippen LogP contribution is -2.46. The van der Waals surface area contributed by atoms with Gasteiger partial charge in [-0.05, 0) is 54.7 Å². The highest BCUT2D eigenvalue weighted by molar-refractivity contribution is 7.89. The number of para-hydroxylation sites is 1. The van der Waals surface area contributed by atoms with Crippen molar-refractivity contribution < 1.29 is 32.2 Å². The Balaban J connectivity index is 1.53. The zero-order valence-corrected chi connectivity index (χ0v) is 27.0. The second kappa shape index (κ2) is 13.0. The Morgan fingerprint density at radius 2 is 1.63 bits per heavy atom. The summed E-state index contributed by atoms with van der Waals surface area (Å²) in [5, 5.41) is 9.69. The van der Waals surface area contributed by atoms with E-state index in [1.165, 1.54) is 23.4 Å². The minimum atomic E-state index is -4.03. The third-order valence-corrected chi connectivity index (χ3v) is 11.7. The summed E-state index contributed by atoms with van der Waals surface area (Å²) in [6.45, 7) is 3.04. The number of ether oxygens (including phenoxy) is 1. The summed E-state index contributed by atoms with van der Waals surface area (Å²) in [6, 6.07) is 16.5. The molecular formula is C35H40FN3O6S. The van der Waals surface area contributed by atoms with Gasteiger partial charge in [-0.1, -0.05) is 43.5 Å². The first-order valence-electron chi connectivity index (χ1n) is 16.0. The average molecular weight is 650 g/mol. The van der Waals surface area contributed by atoms with Gasteiger partial charge < -0.3 is 19.6 Å². The predicted octanol–water partition coefficient (Wildman–Crippen LogP) is 6.30. The van der Waals surface area contributed by atoms with Crippen LogP contribution in [0.25, 0.3) is 11.1 Å². The monoisotopic (exact) mass is 649 g/mol. The molecule has 0 aromatic heterocycles. The summed E-state index contributed by atoms with van der Waals surface area (Å²) < 4.78 is 51.7. The molecule has 2 fully saturated rings. The van der Waals surface area contributed by atoms with Gasteiger partial charge in [0.2, 0.25) is 15.9 Å². The molecule has 0 bridgehead atoms. The molecule has 3 aromatic rings. The fraction of sp³-hybridized carbons (Fsp3) is 0.429. The molecule has 1 saturated carbocycles. The number of hydrogen-bond donors (Lipinski definition) is 1. The minimum Gasteiger partial charge on any atom is -0.490 e. The number of nitrogens with zero attached hydrogens (tertiary/aromatic N) is 3. The average Bonchev–Trinajstić information content (AvgIpc) is 3.13. The second-order valence-electron chi connectivity index (χ2n) is 12.6. The number of anilines is 2. The zero-order chi connectivity index (χ0) is 32.6. The number of rotatable bonds is 6. The molecule has 1 saturated heterocycles. The molecule has 1 N–H and O–H groups in total. The van der Waals surface area contributed by atoms with Gasteiger partial charge in [0.25, 0.3) is 0 Å². The van der Waals surface area contributed by atoms with Crippen LogP contribution in [0.3, 0.4) is 0 Å². The van der Waals surface area contributed by atoms with E-state index in [4.69, 9.17) is 4.74 Å². The zero-order valence-electron chi connectivity index (χ0n) is 26.2. The molecule has 6 rings (SSSR count). The summed E-state index contributed by atoms with van der Waals surface area (Å²) in [5.74, 6) is -1.74. The summed E-state index contributed by atoms with van der Waals surface area (Å²) in [7, 11) is -2.37. The van der Waals surface area contributed by atoms with Crippen molar-refractivity contribution in [2.75, 3.05) is 31.6 Å². The number of carbonyl (C=O) groups is 2. The van der Waals surface area contributed by atoms with Crippen molar-refractivity contribution >= 4 is 33.3 Å². The smallest absolute Gasteiger partial charge is 0.338 e. The third kappa shape index (κ3) is 6.22. The van der Waals surface area contributed by atoms with Crippen LogP contribution < -0.4 is 9.64 Å². The lowest BCUT2D eigenvalue weighted by molar-refractivity contribution is -0.130. The molecule has 9 nitrogen and oxygen atoms in total. The first kappa shape index (κ1) is 32.0. The van der Waals surface area contributed by atoms with Gasteiger partial charge in [0.05, 0.1) is 11.3 Å². The van der Waals surface area contributed by atoms with Crippen LogP contribution in [-0.4, -0.2) is 73.4 Å². The molecule has 2 aliphatic heterocycles. The van der Waals surface area contributed by atoms with Gasteiger partial charge in [-0.2, -0.15) is 4.31 Å². The van der Waals surface area contributed by atoms with Crippen molar-refractivity contribution in [1.29, 1.82) is 0 Å². The van der Waals surface area contributed by atoms with Gasteiger partial charge in [-0.25, -0.2) is 17.6 Å². The number of amides is 1. The quantitative estimate of drug-likeness (QED) is 0.334. The standard InChI is InChI=1S/C35H40FN3O6S/c1-23(40)38-17-15-27(16-18-38)45-33-21-31-34(20-28(33)25-13-14-30(36)29(19-25)35(41)42)46(43,44)37(2)32(24-9-5-3-6-10-24)22-39(31)26-11-7-4-8-12-26/h4,7-8,11-14,19-21,24,27,32H,3,5-6,9-10,15-18,22H2,1-2H3,(H,41,42)/t32-/m0/s1. The van der Waals surface area contributed by atoms with Crippen molar-refractivity contribution in [2.24, 2.45) is 5.92 Å². The largest absolute Gasteiger partial charge is 0.490 e. The van der Waals surface area contributed by atoms with Crippen LogP contribution in [0.2, 0.25) is 0 Å². The SMILES string of the molecule is CC(=O)N1CCC(Oc2cc3c(cc2-c2ccc(F)c(C(=O)O)c2)S(=O)(=O)N(C)[C@H](C2CCCCC2)CN3c2ccccc2)CC1. The number of aromatic carboxylic acids is 1. The highest BCUT2D eigenvalue weighted by atomic mass is 32.2. The molecule has 1 amide bonds. The van der Waals surface area contributed by atoms with E-state index in [0.29, 0.717) is 55.0 Å².